The molecule has 2 heterocycles. The Morgan fingerprint density at radius 3 is 2.50 bits per heavy atom. The molecule has 0 unspecified atom stereocenters. The van der Waals surface area contributed by atoms with Gasteiger partial charge in [-0.15, -0.1) is 0 Å². The van der Waals surface area contributed by atoms with E-state index in [2.05, 4.69) is 25.1 Å². The maximum absolute atomic E-state index is 4.51. The summed E-state index contributed by atoms with van der Waals surface area (Å²) >= 11 is 0. The van der Waals surface area contributed by atoms with Gasteiger partial charge in [-0.1, -0.05) is 0 Å². The molecule has 0 atom stereocenters. The van der Waals surface area contributed by atoms with Crippen LogP contribution < -0.4 is 10.2 Å². The van der Waals surface area contributed by atoms with Crippen molar-refractivity contribution in [3.05, 3.63) is 18.1 Å². The van der Waals surface area contributed by atoms with Gasteiger partial charge in [-0.05, 0) is 19.9 Å². The molecule has 0 bridgehead atoms. The molecule has 3 rings (SSSR count). The van der Waals surface area contributed by atoms with E-state index in [1.165, 1.54) is 25.9 Å². The lowest BCUT2D eigenvalue weighted by molar-refractivity contribution is 0.247. The molecule has 18 heavy (non-hydrogen) atoms. The van der Waals surface area contributed by atoms with E-state index in [0.29, 0.717) is 0 Å². The molecule has 98 valence electrons. The second-order valence-electron chi connectivity index (χ2n) is 5.15. The van der Waals surface area contributed by atoms with Gasteiger partial charge in [-0.3, -0.25) is 9.88 Å². The highest BCUT2D eigenvalue weighted by Crippen LogP contribution is 2.28. The molecular weight excluding hydrogens is 226 g/mol. The lowest BCUT2D eigenvalue weighted by Gasteiger charge is -2.35. The van der Waals surface area contributed by atoms with E-state index in [0.717, 1.165) is 37.2 Å². The van der Waals surface area contributed by atoms with Crippen molar-refractivity contribution >= 4 is 5.82 Å². The van der Waals surface area contributed by atoms with Gasteiger partial charge in [0.25, 0.3) is 0 Å². The SMILES string of the molecule is CNCc1cnc(N2CCN(C3CC3)CC2)cn1. The largest absolute Gasteiger partial charge is 0.353 e. The van der Waals surface area contributed by atoms with Gasteiger partial charge in [-0.25, -0.2) is 4.98 Å². The minimum atomic E-state index is 0.780. The smallest absolute Gasteiger partial charge is 0.147 e. The number of piperazine rings is 1. The van der Waals surface area contributed by atoms with E-state index in [-0.39, 0.29) is 0 Å². The molecule has 1 N–H and O–H groups in total. The van der Waals surface area contributed by atoms with Gasteiger partial charge in [0.05, 0.1) is 18.1 Å². The van der Waals surface area contributed by atoms with Gasteiger partial charge < -0.3 is 10.2 Å². The number of rotatable bonds is 4. The maximum Gasteiger partial charge on any atom is 0.147 e. The molecule has 1 aromatic rings. The lowest BCUT2D eigenvalue weighted by atomic mass is 10.3. The van der Waals surface area contributed by atoms with Crippen molar-refractivity contribution < 1.29 is 0 Å². The fraction of sp³-hybridized carbons (Fsp3) is 0.692. The lowest BCUT2D eigenvalue weighted by Crippen LogP contribution is -2.47. The van der Waals surface area contributed by atoms with Crippen LogP contribution in [-0.2, 0) is 6.54 Å². The van der Waals surface area contributed by atoms with Gasteiger partial charge in [-0.2, -0.15) is 0 Å². The Hall–Kier alpha value is -1.20. The molecule has 0 radical (unpaired) electrons. The highest BCUT2D eigenvalue weighted by atomic mass is 15.3. The number of hydrogen-bond donors (Lipinski definition) is 1. The summed E-state index contributed by atoms with van der Waals surface area (Å²) in [6.45, 7) is 5.28. The maximum atomic E-state index is 4.51. The fourth-order valence-corrected chi connectivity index (χ4v) is 2.54. The third kappa shape index (κ3) is 2.62. The molecule has 0 amide bonds. The van der Waals surface area contributed by atoms with Crippen LogP contribution in [0.2, 0.25) is 0 Å². The van der Waals surface area contributed by atoms with E-state index in [1.54, 1.807) is 0 Å². The molecule has 1 aliphatic heterocycles. The van der Waals surface area contributed by atoms with E-state index < -0.39 is 0 Å². The van der Waals surface area contributed by atoms with Crippen LogP contribution in [0.4, 0.5) is 5.82 Å². The quantitative estimate of drug-likeness (QED) is 0.838. The van der Waals surface area contributed by atoms with Gasteiger partial charge in [0.1, 0.15) is 5.82 Å². The van der Waals surface area contributed by atoms with E-state index in [1.807, 2.05) is 19.4 Å². The molecule has 2 aliphatic rings. The highest BCUT2D eigenvalue weighted by molar-refractivity contribution is 5.36. The zero-order valence-electron chi connectivity index (χ0n) is 11.0. The first-order valence-corrected chi connectivity index (χ1v) is 6.81. The molecule has 2 fully saturated rings. The number of aromatic nitrogens is 2. The van der Waals surface area contributed by atoms with Crippen molar-refractivity contribution in [3.8, 4) is 0 Å². The van der Waals surface area contributed by atoms with Crippen molar-refractivity contribution in [1.82, 2.24) is 20.2 Å². The van der Waals surface area contributed by atoms with Crippen LogP contribution in [0.5, 0.6) is 0 Å². The Kier molecular flexibility index (Phi) is 3.43. The summed E-state index contributed by atoms with van der Waals surface area (Å²) in [5, 5.41) is 3.09. The van der Waals surface area contributed by atoms with Crippen LogP contribution in [0.1, 0.15) is 18.5 Å². The zero-order valence-corrected chi connectivity index (χ0v) is 11.0. The molecule has 5 nitrogen and oxygen atoms in total. The molecular formula is C13H21N5. The van der Waals surface area contributed by atoms with Crippen LogP contribution in [-0.4, -0.2) is 54.1 Å². The molecule has 0 spiro atoms. The second kappa shape index (κ2) is 5.20. The van der Waals surface area contributed by atoms with Crippen LogP contribution in [0, 0.1) is 0 Å². The first kappa shape index (κ1) is 11.9. The van der Waals surface area contributed by atoms with Crippen molar-refractivity contribution in [2.24, 2.45) is 0 Å². The summed E-state index contributed by atoms with van der Waals surface area (Å²) in [7, 11) is 1.92. The summed E-state index contributed by atoms with van der Waals surface area (Å²) in [5.41, 5.74) is 0.998. The second-order valence-corrected chi connectivity index (χ2v) is 5.15. The Morgan fingerprint density at radius 1 is 1.17 bits per heavy atom. The first-order valence-electron chi connectivity index (χ1n) is 6.81. The Morgan fingerprint density at radius 2 is 1.94 bits per heavy atom. The van der Waals surface area contributed by atoms with Crippen LogP contribution in [0.25, 0.3) is 0 Å². The summed E-state index contributed by atoms with van der Waals surface area (Å²) in [6, 6.07) is 0.885. The van der Waals surface area contributed by atoms with Crippen molar-refractivity contribution in [2.75, 3.05) is 38.1 Å². The molecule has 1 saturated carbocycles. The van der Waals surface area contributed by atoms with Crippen molar-refractivity contribution in [3.63, 3.8) is 0 Å². The summed E-state index contributed by atoms with van der Waals surface area (Å²) < 4.78 is 0. The Labute approximate surface area is 108 Å². The number of hydrogen-bond acceptors (Lipinski definition) is 5. The minimum Gasteiger partial charge on any atom is -0.353 e. The van der Waals surface area contributed by atoms with E-state index in [9.17, 15) is 0 Å². The third-order valence-electron chi connectivity index (χ3n) is 3.75. The zero-order chi connectivity index (χ0) is 12.4. The summed E-state index contributed by atoms with van der Waals surface area (Å²) in [4.78, 5) is 13.9. The van der Waals surface area contributed by atoms with Gasteiger partial charge in [0, 0.05) is 38.8 Å². The van der Waals surface area contributed by atoms with Gasteiger partial charge >= 0.3 is 0 Å². The average molecular weight is 247 g/mol. The predicted octanol–water partition coefficient (Wildman–Crippen LogP) is 0.480. The molecule has 5 heteroatoms. The predicted molar refractivity (Wildman–Crippen MR) is 71.6 cm³/mol. The summed E-state index contributed by atoms with van der Waals surface area (Å²) in [5.74, 6) is 1.02. The van der Waals surface area contributed by atoms with Crippen molar-refractivity contribution in [2.45, 2.75) is 25.4 Å². The standard InChI is InChI=1S/C13H21N5/c1-14-8-11-9-16-13(10-15-11)18-6-4-17(5-7-18)12-2-3-12/h9-10,12,14H,2-8H2,1H3. The number of nitrogens with one attached hydrogen (secondary N) is 1. The monoisotopic (exact) mass is 247 g/mol. The van der Waals surface area contributed by atoms with Crippen molar-refractivity contribution in [1.29, 1.82) is 0 Å². The Bertz CT molecular complexity index is 379. The van der Waals surface area contributed by atoms with Gasteiger partial charge in [0.2, 0.25) is 0 Å². The number of anilines is 1. The average Bonchev–Trinajstić information content (AvgIpc) is 3.25. The van der Waals surface area contributed by atoms with E-state index >= 15 is 0 Å². The highest BCUT2D eigenvalue weighted by Gasteiger charge is 2.31. The topological polar surface area (TPSA) is 44.3 Å². The summed E-state index contributed by atoms with van der Waals surface area (Å²) in [6.07, 6.45) is 6.58. The molecule has 0 aromatic carbocycles. The van der Waals surface area contributed by atoms with Crippen LogP contribution >= 0.6 is 0 Å². The number of nitrogens with zero attached hydrogens (tertiary/aromatic N) is 4. The molecule has 1 saturated heterocycles. The van der Waals surface area contributed by atoms with Crippen LogP contribution in [0.3, 0.4) is 0 Å². The molecule has 1 aromatic heterocycles. The van der Waals surface area contributed by atoms with Gasteiger partial charge in [0.15, 0.2) is 0 Å². The first-order chi connectivity index (χ1) is 8.86. The fourth-order valence-electron chi connectivity index (χ4n) is 2.54. The normalized spacial score (nSPS) is 21.3. The molecule has 1 aliphatic carbocycles. The van der Waals surface area contributed by atoms with Crippen LogP contribution in [0.15, 0.2) is 12.4 Å². The minimum absolute atomic E-state index is 0.780. The Balaban J connectivity index is 1.57. The third-order valence-corrected chi connectivity index (χ3v) is 3.75. The van der Waals surface area contributed by atoms with E-state index in [4.69, 9.17) is 0 Å².